The van der Waals surface area contributed by atoms with E-state index in [0.29, 0.717) is 28.4 Å². The Bertz CT molecular complexity index is 1380. The number of hydrogen-bond acceptors (Lipinski definition) is 6. The van der Waals surface area contributed by atoms with Crippen LogP contribution in [0, 0.1) is 0 Å². The summed E-state index contributed by atoms with van der Waals surface area (Å²) in [5, 5.41) is 4.10. The first-order valence-corrected chi connectivity index (χ1v) is 11.3. The monoisotopic (exact) mass is 422 g/mol. The lowest BCUT2D eigenvalue weighted by Gasteiger charge is -2.11. The maximum absolute atomic E-state index is 12.8. The normalized spacial score (nSPS) is 13.2. The maximum atomic E-state index is 12.8. The predicted molar refractivity (Wildman–Crippen MR) is 118 cm³/mol. The van der Waals surface area contributed by atoms with Crippen molar-refractivity contribution in [1.29, 1.82) is 0 Å². The molecule has 0 unspecified atom stereocenters. The molecule has 0 atom stereocenters. The van der Waals surface area contributed by atoms with E-state index in [2.05, 4.69) is 17.6 Å². The van der Waals surface area contributed by atoms with Gasteiger partial charge in [0.1, 0.15) is 10.4 Å². The number of thioether (sulfide) groups is 1. The number of aryl methyl sites for hydroxylation is 2. The van der Waals surface area contributed by atoms with Crippen molar-refractivity contribution in [2.45, 2.75) is 36.7 Å². The highest BCUT2D eigenvalue weighted by atomic mass is 32.2. The molecule has 0 bridgehead atoms. The van der Waals surface area contributed by atoms with E-state index < -0.39 is 0 Å². The molecule has 7 heteroatoms. The Labute approximate surface area is 174 Å². The van der Waals surface area contributed by atoms with Crippen molar-refractivity contribution in [1.82, 2.24) is 9.55 Å². The van der Waals surface area contributed by atoms with E-state index in [0.717, 1.165) is 35.0 Å². The molecule has 3 heterocycles. The van der Waals surface area contributed by atoms with Crippen molar-refractivity contribution in [2.24, 2.45) is 0 Å². The minimum absolute atomic E-state index is 0.0612. The van der Waals surface area contributed by atoms with Crippen LogP contribution in [-0.2, 0) is 25.1 Å². The zero-order valence-electron chi connectivity index (χ0n) is 15.6. The van der Waals surface area contributed by atoms with E-state index in [1.165, 1.54) is 34.2 Å². The first-order chi connectivity index (χ1) is 14.1. The molecule has 0 saturated heterocycles. The van der Waals surface area contributed by atoms with Gasteiger partial charge in [-0.15, -0.1) is 17.9 Å². The van der Waals surface area contributed by atoms with E-state index in [-0.39, 0.29) is 11.2 Å². The van der Waals surface area contributed by atoms with Gasteiger partial charge in [0.15, 0.2) is 5.16 Å². The molecule has 1 aliphatic carbocycles. The summed E-state index contributed by atoms with van der Waals surface area (Å²) < 4.78 is 7.10. The first kappa shape index (κ1) is 18.4. The molecule has 0 aliphatic heterocycles. The Morgan fingerprint density at radius 2 is 2.03 bits per heavy atom. The van der Waals surface area contributed by atoms with Gasteiger partial charge in [0.2, 0.25) is 0 Å². The van der Waals surface area contributed by atoms with Crippen LogP contribution >= 0.6 is 23.1 Å². The number of fused-ring (bicyclic) bond motifs is 3. The molecule has 0 N–H and O–H groups in total. The van der Waals surface area contributed by atoms with Gasteiger partial charge in [-0.3, -0.25) is 9.36 Å². The van der Waals surface area contributed by atoms with Crippen molar-refractivity contribution in [3.05, 3.63) is 79.8 Å². The van der Waals surface area contributed by atoms with E-state index in [1.54, 1.807) is 22.8 Å². The largest absolute Gasteiger partial charge is 0.423 e. The van der Waals surface area contributed by atoms with Gasteiger partial charge in [-0.25, -0.2) is 9.78 Å². The lowest BCUT2D eigenvalue weighted by atomic mass is 10.0. The molecule has 3 aromatic heterocycles. The third kappa shape index (κ3) is 3.24. The highest BCUT2D eigenvalue weighted by Crippen LogP contribution is 2.31. The summed E-state index contributed by atoms with van der Waals surface area (Å²) in [5.41, 5.74) is 3.74. The van der Waals surface area contributed by atoms with E-state index in [9.17, 15) is 9.59 Å². The fraction of sp³-hybridized carbons (Fsp3) is 0.227. The lowest BCUT2D eigenvalue weighted by Crippen LogP contribution is -2.22. The first-order valence-electron chi connectivity index (χ1n) is 9.44. The number of rotatable bonds is 5. The Morgan fingerprint density at radius 3 is 2.86 bits per heavy atom. The van der Waals surface area contributed by atoms with Crippen LogP contribution in [0.3, 0.4) is 0 Å². The Hall–Kier alpha value is -2.64. The minimum Gasteiger partial charge on any atom is -0.423 e. The van der Waals surface area contributed by atoms with Crippen LogP contribution < -0.4 is 11.2 Å². The van der Waals surface area contributed by atoms with Gasteiger partial charge in [0, 0.05) is 23.8 Å². The highest BCUT2D eigenvalue weighted by Gasteiger charge is 2.17. The Balaban J connectivity index is 1.57. The van der Waals surface area contributed by atoms with Gasteiger partial charge in [-0.1, -0.05) is 17.8 Å². The number of thiophene rings is 1. The number of nitrogens with zero attached hydrogens (tertiary/aromatic N) is 2. The zero-order valence-corrected chi connectivity index (χ0v) is 17.3. The molecule has 1 aromatic carbocycles. The number of hydrogen-bond donors (Lipinski definition) is 0. The molecule has 29 heavy (non-hydrogen) atoms. The van der Waals surface area contributed by atoms with Gasteiger partial charge in [-0.05, 0) is 59.5 Å². The average molecular weight is 423 g/mol. The molecular formula is C22H18N2O3S2. The van der Waals surface area contributed by atoms with Gasteiger partial charge in [0.05, 0.1) is 5.39 Å². The fourth-order valence-electron chi connectivity index (χ4n) is 3.89. The number of aromatic nitrogens is 2. The van der Waals surface area contributed by atoms with Crippen molar-refractivity contribution in [2.75, 3.05) is 0 Å². The highest BCUT2D eigenvalue weighted by molar-refractivity contribution is 7.98. The van der Waals surface area contributed by atoms with Gasteiger partial charge < -0.3 is 4.42 Å². The number of allylic oxidation sites excluding steroid dienone is 1. The van der Waals surface area contributed by atoms with Crippen LogP contribution in [0.4, 0.5) is 0 Å². The van der Waals surface area contributed by atoms with Crippen LogP contribution in [0.1, 0.15) is 23.1 Å². The summed E-state index contributed by atoms with van der Waals surface area (Å²) in [6.07, 6.45) is 4.93. The van der Waals surface area contributed by atoms with Crippen molar-refractivity contribution >= 4 is 44.3 Å². The second-order valence-corrected chi connectivity index (χ2v) is 8.93. The van der Waals surface area contributed by atoms with E-state index in [1.807, 2.05) is 11.4 Å². The molecule has 0 amide bonds. The number of benzene rings is 1. The van der Waals surface area contributed by atoms with Gasteiger partial charge in [-0.2, -0.15) is 0 Å². The summed E-state index contributed by atoms with van der Waals surface area (Å²) in [5.74, 6) is 0.529. The molecular weight excluding hydrogens is 404 g/mol. The van der Waals surface area contributed by atoms with Crippen LogP contribution in [0.25, 0.3) is 21.2 Å². The average Bonchev–Trinajstić information content (AvgIpc) is 3.36. The van der Waals surface area contributed by atoms with E-state index >= 15 is 0 Å². The summed E-state index contributed by atoms with van der Waals surface area (Å²) in [4.78, 5) is 30.3. The second-order valence-electron chi connectivity index (χ2n) is 7.09. The predicted octanol–water partition coefficient (Wildman–Crippen LogP) is 4.53. The SMILES string of the molecule is C=CCn1c(SCc2cc(=O)oc3cc4c(cc23)CCC4)nc2sccc2c1=O. The van der Waals surface area contributed by atoms with Crippen molar-refractivity contribution in [3.63, 3.8) is 0 Å². The minimum atomic E-state index is -0.351. The molecule has 5 rings (SSSR count). The van der Waals surface area contributed by atoms with Gasteiger partial charge in [0.25, 0.3) is 5.56 Å². The van der Waals surface area contributed by atoms with Gasteiger partial charge >= 0.3 is 5.63 Å². The fourth-order valence-corrected chi connectivity index (χ4v) is 5.69. The summed E-state index contributed by atoms with van der Waals surface area (Å²) in [6.45, 7) is 4.16. The second kappa shape index (κ2) is 7.31. The smallest absolute Gasteiger partial charge is 0.336 e. The quantitative estimate of drug-likeness (QED) is 0.205. The van der Waals surface area contributed by atoms with Crippen LogP contribution in [-0.4, -0.2) is 9.55 Å². The molecule has 0 radical (unpaired) electrons. The molecule has 0 saturated carbocycles. The van der Waals surface area contributed by atoms with Crippen LogP contribution in [0.15, 0.2) is 61.5 Å². The third-order valence-electron chi connectivity index (χ3n) is 5.26. The summed E-state index contributed by atoms with van der Waals surface area (Å²) in [7, 11) is 0. The van der Waals surface area contributed by atoms with E-state index in [4.69, 9.17) is 4.42 Å². The van der Waals surface area contributed by atoms with Crippen molar-refractivity contribution in [3.8, 4) is 0 Å². The molecule has 0 fully saturated rings. The molecule has 1 aliphatic rings. The topological polar surface area (TPSA) is 65.1 Å². The maximum Gasteiger partial charge on any atom is 0.336 e. The van der Waals surface area contributed by atoms with Crippen molar-refractivity contribution < 1.29 is 4.42 Å². The van der Waals surface area contributed by atoms with Crippen LogP contribution in [0.2, 0.25) is 0 Å². The zero-order chi connectivity index (χ0) is 20.0. The van der Waals surface area contributed by atoms with Crippen LogP contribution in [0.5, 0.6) is 0 Å². The molecule has 146 valence electrons. The standard InChI is InChI=1S/C22H18N2O3S2/c1-2-7-24-21(26)16-6-8-28-20(16)23-22(24)29-12-15-11-19(25)27-18-10-14-5-3-4-13(14)9-17(15)18/h2,6,8-11H,1,3-5,7,12H2. The Kier molecular flexibility index (Phi) is 4.64. The Morgan fingerprint density at radius 1 is 1.21 bits per heavy atom. The lowest BCUT2D eigenvalue weighted by molar-refractivity contribution is 0.559. The molecule has 4 aromatic rings. The third-order valence-corrected chi connectivity index (χ3v) is 7.09. The molecule has 5 nitrogen and oxygen atoms in total. The summed E-state index contributed by atoms with van der Waals surface area (Å²) in [6, 6.07) is 7.52. The summed E-state index contributed by atoms with van der Waals surface area (Å²) >= 11 is 2.91. The molecule has 0 spiro atoms.